The van der Waals surface area contributed by atoms with Crippen molar-refractivity contribution < 1.29 is 4.79 Å². The van der Waals surface area contributed by atoms with E-state index in [1.165, 1.54) is 0 Å². The molecule has 0 bridgehead atoms. The highest BCUT2D eigenvalue weighted by atomic mass is 16.1. The molecule has 0 atom stereocenters. The number of benzene rings is 1. The Kier molecular flexibility index (Phi) is 5.11. The van der Waals surface area contributed by atoms with Gasteiger partial charge in [0.2, 0.25) is 5.91 Å². The third-order valence-corrected chi connectivity index (χ3v) is 3.48. The van der Waals surface area contributed by atoms with Crippen molar-refractivity contribution in [2.45, 2.75) is 13.0 Å². The van der Waals surface area contributed by atoms with E-state index in [1.807, 2.05) is 32.3 Å². The standard InChI is InChI=1S/C16H22N4O/c1-17-15(21)8-9-20(3)11-13-10-12-6-4-5-7-14(12)19-16(13)18-2/h4-7,10H,8-9,11H2,1-3H3,(H,17,21)(H,18,19). The minimum atomic E-state index is 0.0623. The number of carbonyl (C=O) groups excluding carboxylic acids is 1. The van der Waals surface area contributed by atoms with E-state index in [2.05, 4.69) is 32.7 Å². The topological polar surface area (TPSA) is 57.3 Å². The lowest BCUT2D eigenvalue weighted by molar-refractivity contribution is -0.120. The van der Waals surface area contributed by atoms with E-state index in [-0.39, 0.29) is 5.91 Å². The van der Waals surface area contributed by atoms with Gasteiger partial charge in [0, 0.05) is 44.6 Å². The van der Waals surface area contributed by atoms with E-state index in [9.17, 15) is 4.79 Å². The van der Waals surface area contributed by atoms with Gasteiger partial charge in [-0.05, 0) is 19.2 Å². The van der Waals surface area contributed by atoms with Crippen LogP contribution < -0.4 is 10.6 Å². The minimum absolute atomic E-state index is 0.0623. The SMILES string of the molecule is CNC(=O)CCN(C)Cc1cc2ccccc2nc1NC. The van der Waals surface area contributed by atoms with Crippen molar-refractivity contribution in [2.24, 2.45) is 0 Å². The van der Waals surface area contributed by atoms with Crippen LogP contribution in [0, 0.1) is 0 Å². The largest absolute Gasteiger partial charge is 0.373 e. The van der Waals surface area contributed by atoms with Gasteiger partial charge in [0.1, 0.15) is 5.82 Å². The van der Waals surface area contributed by atoms with Crippen LogP contribution in [0.25, 0.3) is 10.9 Å². The molecule has 1 heterocycles. The number of anilines is 1. The van der Waals surface area contributed by atoms with Crippen molar-refractivity contribution in [3.8, 4) is 0 Å². The van der Waals surface area contributed by atoms with E-state index in [0.717, 1.165) is 35.4 Å². The lowest BCUT2D eigenvalue weighted by Crippen LogP contribution is -2.26. The number of para-hydroxylation sites is 1. The number of nitrogens with one attached hydrogen (secondary N) is 2. The summed E-state index contributed by atoms with van der Waals surface area (Å²) < 4.78 is 0. The maximum Gasteiger partial charge on any atom is 0.221 e. The van der Waals surface area contributed by atoms with Gasteiger partial charge in [0.15, 0.2) is 0 Å². The molecule has 2 aromatic rings. The molecule has 1 aromatic heterocycles. The van der Waals surface area contributed by atoms with E-state index in [0.29, 0.717) is 6.42 Å². The first-order valence-electron chi connectivity index (χ1n) is 7.09. The molecule has 0 unspecified atom stereocenters. The summed E-state index contributed by atoms with van der Waals surface area (Å²) in [6.45, 7) is 1.47. The summed E-state index contributed by atoms with van der Waals surface area (Å²) >= 11 is 0. The summed E-state index contributed by atoms with van der Waals surface area (Å²) in [7, 11) is 5.55. The molecule has 0 radical (unpaired) electrons. The quantitative estimate of drug-likeness (QED) is 0.851. The fourth-order valence-corrected chi connectivity index (χ4v) is 2.28. The second kappa shape index (κ2) is 7.04. The Balaban J connectivity index is 2.14. The van der Waals surface area contributed by atoms with Crippen LogP contribution in [-0.4, -0.2) is 43.5 Å². The second-order valence-corrected chi connectivity index (χ2v) is 5.10. The maximum absolute atomic E-state index is 11.3. The van der Waals surface area contributed by atoms with Crippen LogP contribution in [-0.2, 0) is 11.3 Å². The summed E-state index contributed by atoms with van der Waals surface area (Å²) in [4.78, 5) is 18.1. The zero-order valence-electron chi connectivity index (χ0n) is 12.8. The highest BCUT2D eigenvalue weighted by Gasteiger charge is 2.09. The zero-order chi connectivity index (χ0) is 15.2. The average molecular weight is 286 g/mol. The van der Waals surface area contributed by atoms with E-state index in [1.54, 1.807) is 7.05 Å². The number of rotatable bonds is 6. The second-order valence-electron chi connectivity index (χ2n) is 5.10. The van der Waals surface area contributed by atoms with Crippen molar-refractivity contribution in [1.29, 1.82) is 0 Å². The molecule has 1 amide bonds. The zero-order valence-corrected chi connectivity index (χ0v) is 12.8. The highest BCUT2D eigenvalue weighted by molar-refractivity contribution is 5.81. The molecular weight excluding hydrogens is 264 g/mol. The molecule has 2 N–H and O–H groups in total. The molecule has 2 rings (SSSR count). The summed E-state index contributed by atoms with van der Waals surface area (Å²) in [5, 5.41) is 6.92. The molecule has 5 heteroatoms. The van der Waals surface area contributed by atoms with Crippen LogP contribution >= 0.6 is 0 Å². The Labute approximate surface area is 125 Å². The first-order valence-corrected chi connectivity index (χ1v) is 7.09. The highest BCUT2D eigenvalue weighted by Crippen LogP contribution is 2.21. The number of aromatic nitrogens is 1. The number of nitrogens with zero attached hydrogens (tertiary/aromatic N) is 2. The average Bonchev–Trinajstić information content (AvgIpc) is 2.51. The number of amides is 1. The molecule has 21 heavy (non-hydrogen) atoms. The van der Waals surface area contributed by atoms with Gasteiger partial charge in [-0.1, -0.05) is 18.2 Å². The van der Waals surface area contributed by atoms with Gasteiger partial charge in [-0.15, -0.1) is 0 Å². The van der Waals surface area contributed by atoms with Gasteiger partial charge >= 0.3 is 0 Å². The van der Waals surface area contributed by atoms with Gasteiger partial charge in [-0.3, -0.25) is 4.79 Å². The molecule has 112 valence electrons. The molecule has 0 saturated carbocycles. The van der Waals surface area contributed by atoms with Crippen LogP contribution in [0.2, 0.25) is 0 Å². The lowest BCUT2D eigenvalue weighted by atomic mass is 10.1. The Morgan fingerprint density at radius 2 is 2.05 bits per heavy atom. The van der Waals surface area contributed by atoms with Crippen LogP contribution in [0.3, 0.4) is 0 Å². The monoisotopic (exact) mass is 286 g/mol. The number of pyridine rings is 1. The number of carbonyl (C=O) groups is 1. The van der Waals surface area contributed by atoms with Crippen molar-refractivity contribution in [1.82, 2.24) is 15.2 Å². The maximum atomic E-state index is 11.3. The molecule has 0 aliphatic rings. The van der Waals surface area contributed by atoms with Crippen molar-refractivity contribution in [2.75, 3.05) is 33.0 Å². The summed E-state index contributed by atoms with van der Waals surface area (Å²) in [6.07, 6.45) is 0.503. The molecule has 0 saturated heterocycles. The van der Waals surface area contributed by atoms with E-state index in [4.69, 9.17) is 0 Å². The summed E-state index contributed by atoms with van der Waals surface area (Å²) in [6, 6.07) is 10.2. The van der Waals surface area contributed by atoms with Crippen LogP contribution in [0.4, 0.5) is 5.82 Å². The lowest BCUT2D eigenvalue weighted by Gasteiger charge is -2.18. The van der Waals surface area contributed by atoms with Crippen molar-refractivity contribution in [3.63, 3.8) is 0 Å². The predicted octanol–water partition coefficient (Wildman–Crippen LogP) is 1.84. The number of hydrogen-bond donors (Lipinski definition) is 2. The predicted molar refractivity (Wildman–Crippen MR) is 86.3 cm³/mol. The summed E-state index contributed by atoms with van der Waals surface area (Å²) in [5.41, 5.74) is 2.12. The first-order chi connectivity index (χ1) is 10.1. The fourth-order valence-electron chi connectivity index (χ4n) is 2.28. The Hall–Kier alpha value is -2.14. The van der Waals surface area contributed by atoms with Crippen LogP contribution in [0.15, 0.2) is 30.3 Å². The Bertz CT molecular complexity index is 627. The van der Waals surface area contributed by atoms with Gasteiger partial charge in [-0.2, -0.15) is 0 Å². The Morgan fingerprint density at radius 3 is 2.76 bits per heavy atom. The fraction of sp³-hybridized carbons (Fsp3) is 0.375. The normalized spacial score (nSPS) is 10.9. The van der Waals surface area contributed by atoms with Crippen molar-refractivity contribution in [3.05, 3.63) is 35.9 Å². The van der Waals surface area contributed by atoms with Gasteiger partial charge < -0.3 is 15.5 Å². The summed E-state index contributed by atoms with van der Waals surface area (Å²) in [5.74, 6) is 0.952. The van der Waals surface area contributed by atoms with Crippen LogP contribution in [0.1, 0.15) is 12.0 Å². The van der Waals surface area contributed by atoms with Crippen LogP contribution in [0.5, 0.6) is 0 Å². The first kappa shape index (κ1) is 15.3. The molecule has 0 aliphatic carbocycles. The van der Waals surface area contributed by atoms with Gasteiger partial charge in [-0.25, -0.2) is 4.98 Å². The molecule has 0 fully saturated rings. The Morgan fingerprint density at radius 1 is 1.29 bits per heavy atom. The van der Waals surface area contributed by atoms with Gasteiger partial charge in [0.25, 0.3) is 0 Å². The van der Waals surface area contributed by atoms with Crippen molar-refractivity contribution >= 4 is 22.6 Å². The molecule has 0 aliphatic heterocycles. The smallest absolute Gasteiger partial charge is 0.221 e. The van der Waals surface area contributed by atoms with Gasteiger partial charge in [0.05, 0.1) is 5.52 Å². The third-order valence-electron chi connectivity index (χ3n) is 3.48. The number of fused-ring (bicyclic) bond motifs is 1. The van der Waals surface area contributed by atoms with E-state index >= 15 is 0 Å². The third kappa shape index (κ3) is 3.92. The molecule has 0 spiro atoms. The molecule has 1 aromatic carbocycles. The minimum Gasteiger partial charge on any atom is -0.373 e. The molecule has 5 nitrogen and oxygen atoms in total. The van der Waals surface area contributed by atoms with E-state index < -0.39 is 0 Å². The number of hydrogen-bond acceptors (Lipinski definition) is 4. The molecular formula is C16H22N4O.